The Morgan fingerprint density at radius 1 is 1.29 bits per heavy atom. The summed E-state index contributed by atoms with van der Waals surface area (Å²) < 4.78 is 0. The van der Waals surface area contributed by atoms with Crippen molar-refractivity contribution in [2.75, 3.05) is 21.2 Å². The van der Waals surface area contributed by atoms with Crippen LogP contribution in [0.15, 0.2) is 42.7 Å². The van der Waals surface area contributed by atoms with E-state index in [9.17, 15) is 14.9 Å². The number of aromatic amines is 1. The summed E-state index contributed by atoms with van der Waals surface area (Å²) in [6.45, 7) is 4.18. The number of carbonyl (C=O) groups excluding carboxylic acids is 2. The van der Waals surface area contributed by atoms with Gasteiger partial charge in [0.25, 0.3) is 5.91 Å². The average Bonchev–Trinajstić information content (AvgIpc) is 3.40. The molecule has 176 valence electrons. The summed E-state index contributed by atoms with van der Waals surface area (Å²) >= 11 is 5.83. The first-order valence-corrected chi connectivity index (χ1v) is 11.8. The van der Waals surface area contributed by atoms with E-state index in [0.717, 1.165) is 29.6 Å². The number of thiocarbonyl (C=S) groups is 1. The summed E-state index contributed by atoms with van der Waals surface area (Å²) in [4.78, 5) is 34.3. The summed E-state index contributed by atoms with van der Waals surface area (Å²) in [5.41, 5.74) is 3.40. The zero-order valence-electron chi connectivity index (χ0n) is 19.4. The fourth-order valence-electron chi connectivity index (χ4n) is 4.79. The van der Waals surface area contributed by atoms with Crippen molar-refractivity contribution < 1.29 is 9.59 Å². The quantitative estimate of drug-likeness (QED) is 0.419. The van der Waals surface area contributed by atoms with Gasteiger partial charge >= 0.3 is 0 Å². The first-order valence-electron chi connectivity index (χ1n) is 11.4. The molecule has 0 unspecified atom stereocenters. The lowest BCUT2D eigenvalue weighted by atomic mass is 9.75. The number of amides is 2. The summed E-state index contributed by atoms with van der Waals surface area (Å²) in [6.07, 6.45) is 6.42. The van der Waals surface area contributed by atoms with Gasteiger partial charge < -0.3 is 4.90 Å². The normalized spacial score (nSPS) is 16.4. The average molecular weight is 486 g/mol. The number of hydrogen-bond acceptors (Lipinski definition) is 6. The highest BCUT2D eigenvalue weighted by atomic mass is 32.1. The van der Waals surface area contributed by atoms with E-state index in [1.54, 1.807) is 24.1 Å². The molecule has 3 aromatic rings. The summed E-state index contributed by atoms with van der Waals surface area (Å²) in [6, 6.07) is 11.6. The highest BCUT2D eigenvalue weighted by Crippen LogP contribution is 2.48. The van der Waals surface area contributed by atoms with Crippen LogP contribution in [0.25, 0.3) is 11.1 Å². The highest BCUT2D eigenvalue weighted by molar-refractivity contribution is 7.81. The van der Waals surface area contributed by atoms with Gasteiger partial charge in [-0.15, -0.1) is 0 Å². The number of hydrogen-bond donors (Lipinski definition) is 1. The zero-order valence-corrected chi connectivity index (χ0v) is 20.2. The van der Waals surface area contributed by atoms with Gasteiger partial charge in [0.05, 0.1) is 11.9 Å². The minimum Gasteiger partial charge on any atom is -0.303 e. The van der Waals surface area contributed by atoms with Crippen molar-refractivity contribution in [2.24, 2.45) is 0 Å². The van der Waals surface area contributed by atoms with Crippen LogP contribution < -0.4 is 14.7 Å². The Bertz CT molecular complexity index is 1370. The summed E-state index contributed by atoms with van der Waals surface area (Å²) in [5.74, 6) is 0.498. The molecule has 0 atom stereocenters. The van der Waals surface area contributed by atoms with E-state index in [1.807, 2.05) is 36.1 Å². The Kier molecular flexibility index (Phi) is 5.57. The van der Waals surface area contributed by atoms with Gasteiger partial charge in [-0.2, -0.15) is 10.4 Å². The van der Waals surface area contributed by atoms with Crippen molar-refractivity contribution in [1.29, 1.82) is 5.26 Å². The number of nitriles is 1. The minimum atomic E-state index is -0.711. The predicted octanol–water partition coefficient (Wildman–Crippen LogP) is 3.70. The third-order valence-electron chi connectivity index (χ3n) is 6.82. The molecular weight excluding hydrogens is 462 g/mol. The number of aromatic nitrogens is 3. The van der Waals surface area contributed by atoms with Crippen LogP contribution in [-0.4, -0.2) is 44.7 Å². The van der Waals surface area contributed by atoms with Gasteiger partial charge in [0.1, 0.15) is 17.3 Å². The number of H-pyrrole nitrogens is 1. The van der Waals surface area contributed by atoms with Crippen LogP contribution in [0.4, 0.5) is 17.2 Å². The Morgan fingerprint density at radius 3 is 2.60 bits per heavy atom. The summed E-state index contributed by atoms with van der Waals surface area (Å²) in [7, 11) is 0. The van der Waals surface area contributed by atoms with E-state index >= 15 is 0 Å². The standard InChI is InChI=1S/C25H23N7O2S/c1-3-30(15-33)22-20(14-28-29-22)17-5-7-18(8-6-17)32-24(35)31(23(34)25(32)9-4-10-25)19-11-16(2)21(12-26)27-13-19/h5-8,11,13-15H,3-4,9-10H2,1-2H3,(H,28,29). The number of nitrogens with zero attached hydrogens (tertiary/aromatic N) is 6. The summed E-state index contributed by atoms with van der Waals surface area (Å²) in [5, 5.41) is 16.7. The van der Waals surface area contributed by atoms with Gasteiger partial charge in [0.2, 0.25) is 6.41 Å². The largest absolute Gasteiger partial charge is 0.303 e. The molecule has 5 rings (SSSR count). The Balaban J connectivity index is 1.50. The molecule has 1 saturated heterocycles. The fourth-order valence-corrected chi connectivity index (χ4v) is 5.25. The van der Waals surface area contributed by atoms with E-state index in [4.69, 9.17) is 12.2 Å². The molecule has 2 aliphatic rings. The van der Waals surface area contributed by atoms with Crippen LogP contribution in [0.1, 0.15) is 37.4 Å². The van der Waals surface area contributed by atoms with Gasteiger partial charge in [-0.25, -0.2) is 4.98 Å². The second-order valence-electron chi connectivity index (χ2n) is 8.68. The maximum Gasteiger partial charge on any atom is 0.259 e. The SMILES string of the molecule is CCN(C=O)c1n[nH]cc1-c1ccc(N2C(=S)N(c3cnc(C#N)c(C)c3)C(=O)C23CCC3)cc1. The van der Waals surface area contributed by atoms with Gasteiger partial charge in [-0.05, 0) is 74.7 Å². The van der Waals surface area contributed by atoms with E-state index in [2.05, 4.69) is 21.3 Å². The Hall–Kier alpha value is -4.10. The molecular formula is C25H23N7O2S. The second kappa shape index (κ2) is 8.60. The topological polar surface area (TPSA) is 109 Å². The van der Waals surface area contributed by atoms with Gasteiger partial charge in [-0.3, -0.25) is 24.5 Å². The molecule has 2 aromatic heterocycles. The van der Waals surface area contributed by atoms with Crippen LogP contribution in [-0.2, 0) is 9.59 Å². The van der Waals surface area contributed by atoms with Crippen LogP contribution >= 0.6 is 12.2 Å². The molecule has 35 heavy (non-hydrogen) atoms. The fraction of sp³-hybridized carbons (Fsp3) is 0.280. The Labute approximate surface area is 208 Å². The molecule has 1 N–H and O–H groups in total. The highest BCUT2D eigenvalue weighted by Gasteiger charge is 2.59. The maximum absolute atomic E-state index is 13.7. The molecule has 0 radical (unpaired) electrons. The molecule has 1 aromatic carbocycles. The molecule has 1 saturated carbocycles. The third kappa shape index (κ3) is 3.39. The number of anilines is 3. The van der Waals surface area contributed by atoms with Crippen LogP contribution in [0.5, 0.6) is 0 Å². The maximum atomic E-state index is 13.7. The molecule has 2 fully saturated rings. The minimum absolute atomic E-state index is 0.0644. The number of benzene rings is 1. The monoisotopic (exact) mass is 485 g/mol. The number of aryl methyl sites for hydroxylation is 1. The molecule has 10 heteroatoms. The van der Waals surface area contributed by atoms with Crippen molar-refractivity contribution in [3.8, 4) is 17.2 Å². The third-order valence-corrected chi connectivity index (χ3v) is 7.18. The number of pyridine rings is 1. The molecule has 9 nitrogen and oxygen atoms in total. The van der Waals surface area contributed by atoms with Crippen molar-refractivity contribution in [3.63, 3.8) is 0 Å². The first kappa shape index (κ1) is 22.7. The number of carbonyl (C=O) groups is 2. The van der Waals surface area contributed by atoms with Gasteiger partial charge in [0.15, 0.2) is 10.9 Å². The smallest absolute Gasteiger partial charge is 0.259 e. The van der Waals surface area contributed by atoms with Crippen molar-refractivity contribution >= 4 is 46.8 Å². The number of nitrogens with one attached hydrogen (secondary N) is 1. The van der Waals surface area contributed by atoms with Gasteiger partial charge in [-0.1, -0.05) is 12.1 Å². The number of rotatable bonds is 6. The van der Waals surface area contributed by atoms with Gasteiger partial charge in [0, 0.05) is 24.0 Å². The molecule has 1 spiro atoms. The van der Waals surface area contributed by atoms with Crippen LogP contribution in [0.3, 0.4) is 0 Å². The first-order chi connectivity index (χ1) is 16.9. The molecule has 0 bridgehead atoms. The lowest BCUT2D eigenvalue weighted by Crippen LogP contribution is -2.55. The molecule has 1 aliphatic heterocycles. The van der Waals surface area contributed by atoms with E-state index in [-0.39, 0.29) is 5.91 Å². The molecule has 2 amide bonds. The van der Waals surface area contributed by atoms with Crippen molar-refractivity contribution in [2.45, 2.75) is 38.6 Å². The lowest BCUT2D eigenvalue weighted by Gasteiger charge is -2.43. The molecule has 1 aliphatic carbocycles. The van der Waals surface area contributed by atoms with Crippen molar-refractivity contribution in [3.05, 3.63) is 54.0 Å². The molecule has 3 heterocycles. The van der Waals surface area contributed by atoms with Crippen molar-refractivity contribution in [1.82, 2.24) is 15.2 Å². The second-order valence-corrected chi connectivity index (χ2v) is 9.04. The van der Waals surface area contributed by atoms with E-state index in [1.165, 1.54) is 11.1 Å². The van der Waals surface area contributed by atoms with E-state index in [0.29, 0.717) is 47.3 Å². The predicted molar refractivity (Wildman–Crippen MR) is 136 cm³/mol. The van der Waals surface area contributed by atoms with Crippen LogP contribution in [0.2, 0.25) is 0 Å². The lowest BCUT2D eigenvalue weighted by molar-refractivity contribution is -0.123. The van der Waals surface area contributed by atoms with E-state index < -0.39 is 5.54 Å². The zero-order chi connectivity index (χ0) is 24.7. The van der Waals surface area contributed by atoms with Crippen LogP contribution in [0, 0.1) is 18.3 Å². The Morgan fingerprint density at radius 2 is 2.03 bits per heavy atom.